The fourth-order valence-electron chi connectivity index (χ4n) is 2.22. The van der Waals surface area contributed by atoms with Crippen LogP contribution < -0.4 is 0 Å². The number of nitrogens with zero attached hydrogens (tertiary/aromatic N) is 2. The van der Waals surface area contributed by atoms with E-state index in [1.165, 1.54) is 0 Å². The highest BCUT2D eigenvalue weighted by Crippen LogP contribution is 2.31. The average Bonchev–Trinajstić information content (AvgIpc) is 2.53. The Bertz CT molecular complexity index is 662. The largest absolute Gasteiger partial charge is 0.505 e. The van der Waals surface area contributed by atoms with Gasteiger partial charge >= 0.3 is 5.97 Å². The van der Waals surface area contributed by atoms with Crippen LogP contribution in [0.3, 0.4) is 0 Å². The normalized spacial score (nSPS) is 11.4. The monoisotopic (exact) mass is 266 g/mol. The molecule has 1 heterocycles. The molecule has 6 heteroatoms. The van der Waals surface area contributed by atoms with Gasteiger partial charge in [-0.05, 0) is 20.2 Å². The Morgan fingerprint density at radius 1 is 1.42 bits per heavy atom. The molecule has 0 aliphatic rings. The molecule has 1 aromatic carbocycles. The van der Waals surface area contributed by atoms with Gasteiger partial charge in [-0.2, -0.15) is 0 Å². The third kappa shape index (κ3) is 2.15. The summed E-state index contributed by atoms with van der Waals surface area (Å²) >= 11 is 0. The molecule has 0 radical (unpaired) electrons. The van der Waals surface area contributed by atoms with Crippen molar-refractivity contribution in [1.82, 2.24) is 9.47 Å². The predicted octanol–water partition coefficient (Wildman–Crippen LogP) is 1.78. The molecule has 0 fully saturated rings. The molecule has 102 valence electrons. The quantitative estimate of drug-likeness (QED) is 0.888. The first kappa shape index (κ1) is 13.4. The van der Waals surface area contributed by atoms with Crippen molar-refractivity contribution >= 4 is 16.9 Å². The van der Waals surface area contributed by atoms with Gasteiger partial charge in [0.15, 0.2) is 11.6 Å². The molecule has 0 bridgehead atoms. The first-order chi connectivity index (χ1) is 8.82. The second-order valence-corrected chi connectivity index (χ2v) is 4.74. The van der Waals surface area contributed by atoms with Gasteiger partial charge in [0.25, 0.3) is 0 Å². The van der Waals surface area contributed by atoms with Gasteiger partial charge < -0.3 is 19.7 Å². The summed E-state index contributed by atoms with van der Waals surface area (Å²) in [6.45, 7) is 0.412. The van der Waals surface area contributed by atoms with E-state index in [9.17, 15) is 19.4 Å². The van der Waals surface area contributed by atoms with Crippen molar-refractivity contribution in [3.63, 3.8) is 0 Å². The molecule has 0 unspecified atom stereocenters. The molecule has 2 rings (SSSR count). The van der Waals surface area contributed by atoms with E-state index in [0.717, 1.165) is 12.1 Å². The molecular weight excluding hydrogens is 251 g/mol. The molecule has 2 N–H and O–H groups in total. The van der Waals surface area contributed by atoms with Crippen molar-refractivity contribution < 1.29 is 19.4 Å². The summed E-state index contributed by atoms with van der Waals surface area (Å²) in [6.07, 6.45) is 0. The SMILES string of the molecule is CN(C)Cc1c(C(=O)O)c2cc(O)c(F)cc2n1C. The van der Waals surface area contributed by atoms with Crippen molar-refractivity contribution in [3.05, 3.63) is 29.2 Å². The van der Waals surface area contributed by atoms with Crippen LogP contribution in [0.15, 0.2) is 12.1 Å². The lowest BCUT2D eigenvalue weighted by Gasteiger charge is -2.11. The minimum atomic E-state index is -1.09. The fraction of sp³-hybridized carbons (Fsp3) is 0.308. The third-order valence-corrected chi connectivity index (χ3v) is 3.07. The Labute approximate surface area is 109 Å². The maximum Gasteiger partial charge on any atom is 0.338 e. The number of aryl methyl sites for hydroxylation is 1. The summed E-state index contributed by atoms with van der Waals surface area (Å²) in [7, 11) is 5.33. The molecule has 2 aromatic rings. The van der Waals surface area contributed by atoms with E-state index in [1.54, 1.807) is 11.6 Å². The lowest BCUT2D eigenvalue weighted by atomic mass is 10.1. The Hall–Kier alpha value is -2.08. The number of rotatable bonds is 3. The van der Waals surface area contributed by atoms with E-state index >= 15 is 0 Å². The van der Waals surface area contributed by atoms with Crippen LogP contribution in [0.1, 0.15) is 16.1 Å². The van der Waals surface area contributed by atoms with Crippen molar-refractivity contribution in [2.24, 2.45) is 7.05 Å². The van der Waals surface area contributed by atoms with Gasteiger partial charge in [0.2, 0.25) is 0 Å². The smallest absolute Gasteiger partial charge is 0.338 e. The molecule has 0 saturated heterocycles. The Morgan fingerprint density at radius 2 is 2.05 bits per heavy atom. The summed E-state index contributed by atoms with van der Waals surface area (Å²) in [4.78, 5) is 13.2. The molecule has 0 aliphatic carbocycles. The van der Waals surface area contributed by atoms with Crippen LogP contribution in [0.2, 0.25) is 0 Å². The lowest BCUT2D eigenvalue weighted by Crippen LogP contribution is -2.16. The standard InChI is InChI=1S/C13H15FN2O3/c1-15(2)6-10-12(13(18)19)7-4-11(17)8(14)5-9(7)16(10)3/h4-5,17H,6H2,1-3H3,(H,18,19). The molecule has 1 aromatic heterocycles. The van der Waals surface area contributed by atoms with Crippen LogP contribution in [0.4, 0.5) is 4.39 Å². The minimum Gasteiger partial charge on any atom is -0.505 e. The maximum atomic E-state index is 13.4. The molecule has 0 saturated carbocycles. The number of hydrogen-bond acceptors (Lipinski definition) is 3. The van der Waals surface area contributed by atoms with Gasteiger partial charge in [-0.1, -0.05) is 0 Å². The number of hydrogen-bond donors (Lipinski definition) is 2. The first-order valence-corrected chi connectivity index (χ1v) is 5.70. The Balaban J connectivity index is 2.83. The number of phenolic OH excluding ortho intramolecular Hbond substituents is 1. The number of benzene rings is 1. The molecule has 5 nitrogen and oxygen atoms in total. The highest BCUT2D eigenvalue weighted by molar-refractivity contribution is 6.05. The number of carboxylic acid groups (broad SMARTS) is 1. The summed E-state index contributed by atoms with van der Waals surface area (Å²) in [5, 5.41) is 19.1. The first-order valence-electron chi connectivity index (χ1n) is 5.70. The van der Waals surface area contributed by atoms with Crippen LogP contribution in [0, 0.1) is 5.82 Å². The van der Waals surface area contributed by atoms with Crippen LogP contribution in [-0.4, -0.2) is 39.7 Å². The number of aromatic hydroxyl groups is 1. The Morgan fingerprint density at radius 3 is 2.58 bits per heavy atom. The highest BCUT2D eigenvalue weighted by atomic mass is 19.1. The van der Waals surface area contributed by atoms with Crippen LogP contribution in [0.5, 0.6) is 5.75 Å². The van der Waals surface area contributed by atoms with Crippen molar-refractivity contribution in [1.29, 1.82) is 0 Å². The lowest BCUT2D eigenvalue weighted by molar-refractivity contribution is 0.0696. The van der Waals surface area contributed by atoms with E-state index in [-0.39, 0.29) is 5.56 Å². The van der Waals surface area contributed by atoms with Crippen molar-refractivity contribution in [2.45, 2.75) is 6.54 Å². The van der Waals surface area contributed by atoms with E-state index < -0.39 is 17.5 Å². The zero-order chi connectivity index (χ0) is 14.3. The van der Waals surface area contributed by atoms with Gasteiger partial charge in [-0.25, -0.2) is 9.18 Å². The van der Waals surface area contributed by atoms with Crippen LogP contribution in [-0.2, 0) is 13.6 Å². The highest BCUT2D eigenvalue weighted by Gasteiger charge is 2.22. The number of carbonyl (C=O) groups is 1. The fourth-order valence-corrected chi connectivity index (χ4v) is 2.22. The van der Waals surface area contributed by atoms with Crippen molar-refractivity contribution in [2.75, 3.05) is 14.1 Å². The molecular formula is C13H15FN2O3. The number of aromatic nitrogens is 1. The minimum absolute atomic E-state index is 0.0986. The van der Waals surface area contributed by atoms with E-state index in [0.29, 0.717) is 23.1 Å². The summed E-state index contributed by atoms with van der Waals surface area (Å²) in [5.41, 5.74) is 1.11. The molecule has 0 aliphatic heterocycles. The van der Waals surface area contributed by atoms with Gasteiger partial charge in [-0.3, -0.25) is 0 Å². The second-order valence-electron chi connectivity index (χ2n) is 4.74. The summed E-state index contributed by atoms with van der Waals surface area (Å²) in [5.74, 6) is -2.40. The average molecular weight is 266 g/mol. The van der Waals surface area contributed by atoms with Gasteiger partial charge in [0.1, 0.15) is 0 Å². The van der Waals surface area contributed by atoms with Gasteiger partial charge in [-0.15, -0.1) is 0 Å². The van der Waals surface area contributed by atoms with Crippen LogP contribution in [0.25, 0.3) is 10.9 Å². The zero-order valence-corrected chi connectivity index (χ0v) is 10.9. The van der Waals surface area contributed by atoms with E-state index in [1.807, 2.05) is 19.0 Å². The molecule has 0 atom stereocenters. The molecule has 0 spiro atoms. The number of fused-ring (bicyclic) bond motifs is 1. The van der Waals surface area contributed by atoms with Gasteiger partial charge in [0.05, 0.1) is 11.1 Å². The summed E-state index contributed by atoms with van der Waals surface area (Å²) in [6, 6.07) is 2.31. The second kappa shape index (κ2) is 4.55. The number of halogens is 1. The number of aromatic carboxylic acids is 1. The third-order valence-electron chi connectivity index (χ3n) is 3.07. The van der Waals surface area contributed by atoms with Crippen LogP contribution >= 0.6 is 0 Å². The predicted molar refractivity (Wildman–Crippen MR) is 68.9 cm³/mol. The van der Waals surface area contributed by atoms with E-state index in [2.05, 4.69) is 0 Å². The summed E-state index contributed by atoms with van der Waals surface area (Å²) < 4.78 is 15.1. The zero-order valence-electron chi connectivity index (χ0n) is 10.9. The maximum absolute atomic E-state index is 13.4. The number of carboxylic acids is 1. The Kier molecular flexibility index (Phi) is 3.20. The van der Waals surface area contributed by atoms with Crippen molar-refractivity contribution in [3.8, 4) is 5.75 Å². The van der Waals surface area contributed by atoms with Gasteiger partial charge in [0, 0.05) is 30.7 Å². The molecule has 0 amide bonds. The number of phenols is 1. The topological polar surface area (TPSA) is 65.7 Å². The van der Waals surface area contributed by atoms with E-state index in [4.69, 9.17) is 0 Å². The molecule has 19 heavy (non-hydrogen) atoms.